The Labute approximate surface area is 133 Å². The van der Waals surface area contributed by atoms with Gasteiger partial charge in [-0.1, -0.05) is 30.3 Å². The van der Waals surface area contributed by atoms with Crippen LogP contribution in [-0.2, 0) is 0 Å². The van der Waals surface area contributed by atoms with E-state index in [9.17, 15) is 0 Å². The highest BCUT2D eigenvalue weighted by Crippen LogP contribution is 2.32. The van der Waals surface area contributed by atoms with E-state index in [2.05, 4.69) is 0 Å². The molecule has 0 saturated carbocycles. The smallest absolute Gasteiger partial charge is 0.200 e. The minimum Gasteiger partial charge on any atom is -0.508 e. The standard InChI is InChI=1S/C12H10O2.C6H6O3/c13-11-5-1-9(2-6-11)10-3-7-12(14)8-4-10;7-4-2-1-3-5(8)6(4)9/h1-8,13-14H;1-3,7-9H. The summed E-state index contributed by atoms with van der Waals surface area (Å²) in [5.41, 5.74) is 2.03. The van der Waals surface area contributed by atoms with Crippen molar-refractivity contribution in [2.24, 2.45) is 0 Å². The molecule has 5 N–H and O–H groups in total. The zero-order chi connectivity index (χ0) is 16.8. The van der Waals surface area contributed by atoms with Gasteiger partial charge in [0, 0.05) is 0 Å². The number of hydrogen-bond acceptors (Lipinski definition) is 5. The van der Waals surface area contributed by atoms with Gasteiger partial charge < -0.3 is 25.5 Å². The summed E-state index contributed by atoms with van der Waals surface area (Å²) in [6.07, 6.45) is 0. The van der Waals surface area contributed by atoms with E-state index in [1.165, 1.54) is 18.2 Å². The number of benzene rings is 3. The lowest BCUT2D eigenvalue weighted by atomic mass is 10.1. The summed E-state index contributed by atoms with van der Waals surface area (Å²) in [5.74, 6) is -0.581. The molecule has 0 aliphatic carbocycles. The van der Waals surface area contributed by atoms with Crippen LogP contribution in [0.1, 0.15) is 0 Å². The number of para-hydroxylation sites is 1. The maximum absolute atomic E-state index is 9.11. The molecule has 3 aromatic rings. The topological polar surface area (TPSA) is 101 Å². The van der Waals surface area contributed by atoms with Gasteiger partial charge in [-0.3, -0.25) is 0 Å². The molecule has 0 heterocycles. The van der Waals surface area contributed by atoms with E-state index in [4.69, 9.17) is 25.5 Å². The molecule has 5 nitrogen and oxygen atoms in total. The zero-order valence-corrected chi connectivity index (χ0v) is 12.1. The molecule has 0 bridgehead atoms. The molecule has 0 aromatic heterocycles. The van der Waals surface area contributed by atoms with E-state index in [1.54, 1.807) is 24.3 Å². The number of hydrogen-bond donors (Lipinski definition) is 5. The Morgan fingerprint density at radius 1 is 0.435 bits per heavy atom. The number of phenols is 5. The molecule has 0 unspecified atom stereocenters. The van der Waals surface area contributed by atoms with Crippen molar-refractivity contribution in [2.75, 3.05) is 0 Å². The molecule has 3 aromatic carbocycles. The predicted octanol–water partition coefficient (Wildman–Crippen LogP) is 3.57. The molecule has 23 heavy (non-hydrogen) atoms. The van der Waals surface area contributed by atoms with Crippen LogP contribution >= 0.6 is 0 Å². The van der Waals surface area contributed by atoms with Crippen molar-refractivity contribution in [1.82, 2.24) is 0 Å². The van der Waals surface area contributed by atoms with Gasteiger partial charge in [-0.15, -0.1) is 0 Å². The highest BCUT2D eigenvalue weighted by molar-refractivity contribution is 5.64. The van der Waals surface area contributed by atoms with Gasteiger partial charge in [0.05, 0.1) is 0 Å². The summed E-state index contributed by atoms with van der Waals surface area (Å²) in [6, 6.07) is 17.9. The third-order valence-electron chi connectivity index (χ3n) is 3.06. The fourth-order valence-electron chi connectivity index (χ4n) is 1.83. The SMILES string of the molecule is Oc1ccc(-c2ccc(O)cc2)cc1.Oc1cccc(O)c1O. The second-order valence-electron chi connectivity index (χ2n) is 4.74. The van der Waals surface area contributed by atoms with Crippen LogP contribution in [0.4, 0.5) is 0 Å². The fourth-order valence-corrected chi connectivity index (χ4v) is 1.83. The van der Waals surface area contributed by atoms with E-state index in [0.717, 1.165) is 11.1 Å². The summed E-state index contributed by atoms with van der Waals surface area (Å²) >= 11 is 0. The first-order chi connectivity index (χ1) is 11.0. The van der Waals surface area contributed by atoms with Crippen molar-refractivity contribution in [3.05, 3.63) is 66.7 Å². The van der Waals surface area contributed by atoms with Crippen LogP contribution in [0, 0.1) is 0 Å². The molecule has 0 radical (unpaired) electrons. The van der Waals surface area contributed by atoms with Crippen LogP contribution in [0.15, 0.2) is 66.7 Å². The van der Waals surface area contributed by atoms with Crippen LogP contribution in [0.3, 0.4) is 0 Å². The Bertz CT molecular complexity index is 701. The van der Waals surface area contributed by atoms with Gasteiger partial charge in [-0.25, -0.2) is 0 Å². The molecule has 0 aliphatic heterocycles. The Morgan fingerprint density at radius 2 is 0.783 bits per heavy atom. The zero-order valence-electron chi connectivity index (χ0n) is 12.1. The minimum absolute atomic E-state index is 0.257. The highest BCUT2D eigenvalue weighted by Gasteiger charge is 2.01. The molecular weight excluding hydrogens is 296 g/mol. The van der Waals surface area contributed by atoms with Gasteiger partial charge in [0.2, 0.25) is 0 Å². The lowest BCUT2D eigenvalue weighted by molar-refractivity contribution is 0.368. The van der Waals surface area contributed by atoms with Crippen molar-refractivity contribution < 1.29 is 25.5 Å². The van der Waals surface area contributed by atoms with Crippen molar-refractivity contribution in [1.29, 1.82) is 0 Å². The second kappa shape index (κ2) is 7.09. The molecule has 0 fully saturated rings. The van der Waals surface area contributed by atoms with Crippen LogP contribution in [-0.4, -0.2) is 25.5 Å². The maximum atomic E-state index is 9.11. The lowest BCUT2D eigenvalue weighted by Gasteiger charge is -2.01. The summed E-state index contributed by atoms with van der Waals surface area (Å²) in [5, 5.41) is 44.3. The van der Waals surface area contributed by atoms with Crippen molar-refractivity contribution >= 4 is 0 Å². The monoisotopic (exact) mass is 312 g/mol. The number of phenolic OH excluding ortho intramolecular Hbond substituents is 5. The summed E-state index contributed by atoms with van der Waals surface area (Å²) < 4.78 is 0. The van der Waals surface area contributed by atoms with Crippen molar-refractivity contribution in [3.63, 3.8) is 0 Å². The summed E-state index contributed by atoms with van der Waals surface area (Å²) in [4.78, 5) is 0. The molecule has 0 amide bonds. The molecule has 0 spiro atoms. The summed E-state index contributed by atoms with van der Waals surface area (Å²) in [6.45, 7) is 0. The van der Waals surface area contributed by atoms with Crippen LogP contribution < -0.4 is 0 Å². The van der Waals surface area contributed by atoms with E-state index in [1.807, 2.05) is 24.3 Å². The van der Waals surface area contributed by atoms with Gasteiger partial charge in [-0.05, 0) is 47.5 Å². The van der Waals surface area contributed by atoms with Crippen LogP contribution in [0.5, 0.6) is 28.7 Å². The minimum atomic E-state index is -0.475. The van der Waals surface area contributed by atoms with Crippen molar-refractivity contribution in [2.45, 2.75) is 0 Å². The molecule has 0 aliphatic rings. The third kappa shape index (κ3) is 4.31. The van der Waals surface area contributed by atoms with Gasteiger partial charge in [0.1, 0.15) is 11.5 Å². The molecule has 118 valence electrons. The first-order valence-corrected chi connectivity index (χ1v) is 6.75. The Kier molecular flexibility index (Phi) is 4.94. The quantitative estimate of drug-likeness (QED) is 0.442. The number of rotatable bonds is 1. The van der Waals surface area contributed by atoms with Gasteiger partial charge in [-0.2, -0.15) is 0 Å². The van der Waals surface area contributed by atoms with Gasteiger partial charge >= 0.3 is 0 Å². The third-order valence-corrected chi connectivity index (χ3v) is 3.06. The average Bonchev–Trinajstić information content (AvgIpc) is 2.55. The normalized spacial score (nSPS) is 9.74. The molecule has 0 atom stereocenters. The summed E-state index contributed by atoms with van der Waals surface area (Å²) in [7, 11) is 0. The first-order valence-electron chi connectivity index (χ1n) is 6.75. The van der Waals surface area contributed by atoms with Crippen LogP contribution in [0.25, 0.3) is 11.1 Å². The lowest BCUT2D eigenvalue weighted by Crippen LogP contribution is -1.75. The van der Waals surface area contributed by atoms with E-state index < -0.39 is 5.75 Å². The van der Waals surface area contributed by atoms with Gasteiger partial charge in [0.25, 0.3) is 0 Å². The molecular formula is C18H16O5. The maximum Gasteiger partial charge on any atom is 0.200 e. The van der Waals surface area contributed by atoms with Crippen molar-refractivity contribution in [3.8, 4) is 39.9 Å². The first kappa shape index (κ1) is 16.0. The second-order valence-corrected chi connectivity index (χ2v) is 4.74. The van der Waals surface area contributed by atoms with Gasteiger partial charge in [0.15, 0.2) is 17.2 Å². The Morgan fingerprint density at radius 3 is 1.09 bits per heavy atom. The van der Waals surface area contributed by atoms with E-state index in [-0.39, 0.29) is 23.0 Å². The fraction of sp³-hybridized carbons (Fsp3) is 0. The highest BCUT2D eigenvalue weighted by atomic mass is 16.3. The van der Waals surface area contributed by atoms with E-state index in [0.29, 0.717) is 0 Å². The average molecular weight is 312 g/mol. The van der Waals surface area contributed by atoms with Crippen LogP contribution in [0.2, 0.25) is 0 Å². The van der Waals surface area contributed by atoms with E-state index >= 15 is 0 Å². The molecule has 3 rings (SSSR count). The number of aromatic hydroxyl groups is 5. The molecule has 0 saturated heterocycles. The Hall–Kier alpha value is -3.34. The largest absolute Gasteiger partial charge is 0.508 e. The Balaban J connectivity index is 0.000000185. The molecule has 5 heteroatoms. The predicted molar refractivity (Wildman–Crippen MR) is 86.6 cm³/mol.